The molecule has 0 atom stereocenters. The lowest BCUT2D eigenvalue weighted by Gasteiger charge is -2.06. The number of Topliss-reactive ketones (excluding diaryl/α,β-unsaturated/α-hetero) is 1. The Morgan fingerprint density at radius 1 is 1.47 bits per heavy atom. The van der Waals surface area contributed by atoms with Gasteiger partial charge in [-0.25, -0.2) is 0 Å². The Bertz CT molecular complexity index is 347. The van der Waals surface area contributed by atoms with Gasteiger partial charge >= 0.3 is 0 Å². The predicted octanol–water partition coefficient (Wildman–Crippen LogP) is 3.01. The molecule has 0 aliphatic heterocycles. The quantitative estimate of drug-likeness (QED) is 0.772. The molecule has 0 unspecified atom stereocenters. The van der Waals surface area contributed by atoms with Gasteiger partial charge in [0.25, 0.3) is 0 Å². The largest absolute Gasteiger partial charge is 0.377 e. The fourth-order valence-corrected chi connectivity index (χ4v) is 1.58. The van der Waals surface area contributed by atoms with Crippen LogP contribution in [0.5, 0.6) is 0 Å². The minimum absolute atomic E-state index is 0.142. The third-order valence-electron chi connectivity index (χ3n) is 2.03. The standard InChI is InChI=1S/C12H15ClO2/c1-3-15-8-11-5-4-10(6-9(2)14)7-12(11)13/h4-5,7H,3,6,8H2,1-2H3. The number of ketones is 1. The molecule has 0 aliphatic carbocycles. The zero-order chi connectivity index (χ0) is 11.3. The highest BCUT2D eigenvalue weighted by Gasteiger charge is 2.03. The first-order valence-corrected chi connectivity index (χ1v) is 5.35. The number of carbonyl (C=O) groups excluding carboxylic acids is 1. The van der Waals surface area contributed by atoms with Crippen LogP contribution in [0.2, 0.25) is 5.02 Å². The third-order valence-corrected chi connectivity index (χ3v) is 2.38. The fourth-order valence-electron chi connectivity index (χ4n) is 1.32. The van der Waals surface area contributed by atoms with Crippen LogP contribution in [-0.4, -0.2) is 12.4 Å². The molecule has 82 valence electrons. The maximum atomic E-state index is 10.9. The van der Waals surface area contributed by atoms with E-state index in [-0.39, 0.29) is 5.78 Å². The number of hydrogen-bond acceptors (Lipinski definition) is 2. The normalized spacial score (nSPS) is 10.3. The van der Waals surface area contributed by atoms with Crippen molar-refractivity contribution in [1.29, 1.82) is 0 Å². The summed E-state index contributed by atoms with van der Waals surface area (Å²) >= 11 is 6.06. The Kier molecular flexibility index (Phi) is 4.79. The third kappa shape index (κ3) is 4.02. The maximum absolute atomic E-state index is 10.9. The van der Waals surface area contributed by atoms with Crippen LogP contribution in [0.3, 0.4) is 0 Å². The summed E-state index contributed by atoms with van der Waals surface area (Å²) in [5, 5.41) is 0.669. The van der Waals surface area contributed by atoms with Crippen molar-refractivity contribution in [3.8, 4) is 0 Å². The highest BCUT2D eigenvalue weighted by molar-refractivity contribution is 6.31. The second-order valence-electron chi connectivity index (χ2n) is 3.44. The molecule has 0 saturated carbocycles. The van der Waals surface area contributed by atoms with Gasteiger partial charge in [-0.1, -0.05) is 23.7 Å². The number of hydrogen-bond donors (Lipinski definition) is 0. The first-order chi connectivity index (χ1) is 7.13. The van der Waals surface area contributed by atoms with Gasteiger partial charge in [-0.3, -0.25) is 4.79 Å². The molecule has 0 amide bonds. The molecule has 0 radical (unpaired) electrons. The molecule has 0 fully saturated rings. The fraction of sp³-hybridized carbons (Fsp3) is 0.417. The van der Waals surface area contributed by atoms with Gasteiger partial charge in [0.05, 0.1) is 6.61 Å². The minimum Gasteiger partial charge on any atom is -0.377 e. The van der Waals surface area contributed by atoms with E-state index in [1.165, 1.54) is 0 Å². The molecule has 0 spiro atoms. The first kappa shape index (κ1) is 12.2. The molecule has 0 aliphatic rings. The number of halogens is 1. The number of carbonyl (C=O) groups is 1. The Morgan fingerprint density at radius 2 is 2.20 bits per heavy atom. The van der Waals surface area contributed by atoms with E-state index in [0.29, 0.717) is 24.7 Å². The number of benzene rings is 1. The van der Waals surface area contributed by atoms with Crippen molar-refractivity contribution in [2.75, 3.05) is 6.61 Å². The molecule has 0 aromatic heterocycles. The number of rotatable bonds is 5. The van der Waals surface area contributed by atoms with Gasteiger partial charge in [0.2, 0.25) is 0 Å². The average Bonchev–Trinajstić information content (AvgIpc) is 2.15. The molecule has 1 rings (SSSR count). The Hall–Kier alpha value is -0.860. The van der Waals surface area contributed by atoms with Crippen LogP contribution in [0.25, 0.3) is 0 Å². The van der Waals surface area contributed by atoms with E-state index in [1.807, 2.05) is 25.1 Å². The molecule has 15 heavy (non-hydrogen) atoms. The maximum Gasteiger partial charge on any atom is 0.134 e. The van der Waals surface area contributed by atoms with Crippen molar-refractivity contribution in [1.82, 2.24) is 0 Å². The zero-order valence-electron chi connectivity index (χ0n) is 9.05. The monoisotopic (exact) mass is 226 g/mol. The second-order valence-corrected chi connectivity index (χ2v) is 3.85. The first-order valence-electron chi connectivity index (χ1n) is 4.98. The van der Waals surface area contributed by atoms with E-state index in [1.54, 1.807) is 6.92 Å². The van der Waals surface area contributed by atoms with E-state index in [4.69, 9.17) is 16.3 Å². The number of ether oxygens (including phenoxy) is 1. The highest BCUT2D eigenvalue weighted by atomic mass is 35.5. The predicted molar refractivity (Wildman–Crippen MR) is 61.2 cm³/mol. The minimum atomic E-state index is 0.142. The molecule has 0 heterocycles. The summed E-state index contributed by atoms with van der Waals surface area (Å²) in [5.41, 5.74) is 1.92. The van der Waals surface area contributed by atoms with E-state index < -0.39 is 0 Å². The van der Waals surface area contributed by atoms with Crippen molar-refractivity contribution in [3.05, 3.63) is 34.3 Å². The summed E-state index contributed by atoms with van der Waals surface area (Å²) < 4.78 is 5.27. The van der Waals surface area contributed by atoms with Crippen molar-refractivity contribution in [2.24, 2.45) is 0 Å². The Labute approximate surface area is 95.2 Å². The molecule has 0 bridgehead atoms. The highest BCUT2D eigenvalue weighted by Crippen LogP contribution is 2.19. The molecule has 2 nitrogen and oxygen atoms in total. The molecule has 3 heteroatoms. The lowest BCUT2D eigenvalue weighted by atomic mass is 10.1. The topological polar surface area (TPSA) is 26.3 Å². The van der Waals surface area contributed by atoms with E-state index in [0.717, 1.165) is 11.1 Å². The van der Waals surface area contributed by atoms with Gasteiger partial charge in [-0.05, 0) is 31.0 Å². The average molecular weight is 227 g/mol. The van der Waals surface area contributed by atoms with Crippen LogP contribution in [0.15, 0.2) is 18.2 Å². The van der Waals surface area contributed by atoms with Gasteiger partial charge < -0.3 is 4.74 Å². The SMILES string of the molecule is CCOCc1ccc(CC(C)=O)cc1Cl. The Balaban J connectivity index is 2.74. The van der Waals surface area contributed by atoms with Crippen LogP contribution >= 0.6 is 11.6 Å². The van der Waals surface area contributed by atoms with Crippen LogP contribution in [0, 0.1) is 0 Å². The van der Waals surface area contributed by atoms with Crippen molar-refractivity contribution in [2.45, 2.75) is 26.9 Å². The van der Waals surface area contributed by atoms with Gasteiger partial charge in [-0.15, -0.1) is 0 Å². The summed E-state index contributed by atoms with van der Waals surface area (Å²) in [6.07, 6.45) is 0.439. The van der Waals surface area contributed by atoms with Crippen molar-refractivity contribution >= 4 is 17.4 Å². The van der Waals surface area contributed by atoms with E-state index >= 15 is 0 Å². The van der Waals surface area contributed by atoms with E-state index in [9.17, 15) is 4.79 Å². The molecule has 0 saturated heterocycles. The van der Waals surface area contributed by atoms with Gasteiger partial charge in [0, 0.05) is 18.1 Å². The summed E-state index contributed by atoms with van der Waals surface area (Å²) in [6, 6.07) is 5.66. The van der Waals surface area contributed by atoms with Crippen LogP contribution in [-0.2, 0) is 22.6 Å². The summed E-state index contributed by atoms with van der Waals surface area (Å²) in [6.45, 7) is 4.71. The van der Waals surface area contributed by atoms with Crippen molar-refractivity contribution < 1.29 is 9.53 Å². The van der Waals surface area contributed by atoms with Crippen LogP contribution in [0.4, 0.5) is 0 Å². The molecular weight excluding hydrogens is 212 g/mol. The smallest absolute Gasteiger partial charge is 0.134 e. The van der Waals surface area contributed by atoms with Crippen molar-refractivity contribution in [3.63, 3.8) is 0 Å². The lowest BCUT2D eigenvalue weighted by Crippen LogP contribution is -1.98. The summed E-state index contributed by atoms with van der Waals surface area (Å²) in [7, 11) is 0. The summed E-state index contributed by atoms with van der Waals surface area (Å²) in [5.74, 6) is 0.142. The zero-order valence-corrected chi connectivity index (χ0v) is 9.80. The molecular formula is C12H15ClO2. The van der Waals surface area contributed by atoms with Crippen LogP contribution < -0.4 is 0 Å². The lowest BCUT2D eigenvalue weighted by molar-refractivity contribution is -0.116. The molecule has 0 N–H and O–H groups in total. The molecule has 1 aromatic rings. The second kappa shape index (κ2) is 5.89. The van der Waals surface area contributed by atoms with Gasteiger partial charge in [0.1, 0.15) is 5.78 Å². The molecule has 1 aromatic carbocycles. The van der Waals surface area contributed by atoms with Gasteiger partial charge in [0.15, 0.2) is 0 Å². The van der Waals surface area contributed by atoms with Crippen LogP contribution in [0.1, 0.15) is 25.0 Å². The van der Waals surface area contributed by atoms with Gasteiger partial charge in [-0.2, -0.15) is 0 Å². The Morgan fingerprint density at radius 3 is 2.73 bits per heavy atom. The van der Waals surface area contributed by atoms with E-state index in [2.05, 4.69) is 0 Å². The summed E-state index contributed by atoms with van der Waals surface area (Å²) in [4.78, 5) is 10.9.